The van der Waals surface area contributed by atoms with Crippen molar-refractivity contribution in [1.82, 2.24) is 14.9 Å². The predicted molar refractivity (Wildman–Crippen MR) is 130 cm³/mol. The molecule has 1 fully saturated rings. The van der Waals surface area contributed by atoms with E-state index in [1.807, 2.05) is 37.3 Å². The van der Waals surface area contributed by atoms with Gasteiger partial charge in [-0.1, -0.05) is 41.2 Å². The van der Waals surface area contributed by atoms with Crippen LogP contribution in [0.3, 0.4) is 0 Å². The Bertz CT molecular complexity index is 1220. The molecule has 2 heterocycles. The number of anilines is 2. The Morgan fingerprint density at radius 1 is 1.06 bits per heavy atom. The first kappa shape index (κ1) is 23.3. The number of benzene rings is 2. The Morgan fingerprint density at radius 2 is 1.79 bits per heavy atom. The molecule has 2 N–H and O–H groups in total. The molecular formula is C23H27N5O3S2. The Morgan fingerprint density at radius 3 is 2.48 bits per heavy atom. The average molecular weight is 486 g/mol. The summed E-state index contributed by atoms with van der Waals surface area (Å²) in [4.78, 5) is 14.7. The molecule has 2 aromatic carbocycles. The summed E-state index contributed by atoms with van der Waals surface area (Å²) in [6.07, 6.45) is 3.68. The van der Waals surface area contributed by atoms with Gasteiger partial charge in [0.1, 0.15) is 0 Å². The lowest BCUT2D eigenvalue weighted by atomic mass is 10.1. The van der Waals surface area contributed by atoms with Crippen molar-refractivity contribution in [3.8, 4) is 0 Å². The fourth-order valence-corrected chi connectivity index (χ4v) is 5.94. The van der Waals surface area contributed by atoms with Gasteiger partial charge in [-0.15, -0.1) is 10.2 Å². The van der Waals surface area contributed by atoms with Gasteiger partial charge in [-0.3, -0.25) is 10.1 Å². The first-order valence-corrected chi connectivity index (χ1v) is 13.2. The maximum absolute atomic E-state index is 12.8. The van der Waals surface area contributed by atoms with Gasteiger partial charge < -0.3 is 4.90 Å². The van der Waals surface area contributed by atoms with Crippen molar-refractivity contribution in [3.05, 3.63) is 65.2 Å². The number of carbonyl (C=O) groups is 1. The van der Waals surface area contributed by atoms with E-state index in [-0.39, 0.29) is 15.4 Å². The lowest BCUT2D eigenvalue weighted by Crippen LogP contribution is -2.29. The van der Waals surface area contributed by atoms with Gasteiger partial charge in [-0.25, -0.2) is 13.1 Å². The fraction of sp³-hybridized carbons (Fsp3) is 0.348. The second-order valence-electron chi connectivity index (χ2n) is 8.18. The van der Waals surface area contributed by atoms with Crippen LogP contribution in [0.15, 0.2) is 52.9 Å². The van der Waals surface area contributed by atoms with Crippen molar-refractivity contribution in [3.63, 3.8) is 0 Å². The van der Waals surface area contributed by atoms with Crippen LogP contribution >= 0.6 is 11.3 Å². The summed E-state index contributed by atoms with van der Waals surface area (Å²) in [5.41, 5.74) is 3.43. The molecule has 0 aliphatic carbocycles. The quantitative estimate of drug-likeness (QED) is 0.488. The topological polar surface area (TPSA) is 104 Å². The maximum Gasteiger partial charge on any atom is 0.270 e. The molecule has 1 aromatic heterocycles. The van der Waals surface area contributed by atoms with Crippen molar-refractivity contribution < 1.29 is 13.2 Å². The predicted octanol–water partition coefficient (Wildman–Crippen LogP) is 4.13. The highest BCUT2D eigenvalue weighted by Crippen LogP contribution is 2.25. The van der Waals surface area contributed by atoms with Crippen molar-refractivity contribution in [2.45, 2.75) is 43.5 Å². The highest BCUT2D eigenvalue weighted by atomic mass is 32.2. The molecule has 33 heavy (non-hydrogen) atoms. The number of piperidine rings is 1. The number of amides is 1. The molecule has 0 radical (unpaired) electrons. The Hall–Kier alpha value is -2.82. The Balaban J connectivity index is 1.40. The number of hydrogen-bond donors (Lipinski definition) is 2. The van der Waals surface area contributed by atoms with E-state index in [2.05, 4.69) is 25.1 Å². The molecule has 1 saturated heterocycles. The van der Waals surface area contributed by atoms with Crippen molar-refractivity contribution in [1.29, 1.82) is 0 Å². The zero-order valence-corrected chi connectivity index (χ0v) is 20.2. The third-order valence-electron chi connectivity index (χ3n) is 5.58. The molecule has 0 spiro atoms. The average Bonchev–Trinajstić information content (AvgIpc) is 3.29. The molecular weight excluding hydrogens is 458 g/mol. The number of sulfonamides is 1. The minimum atomic E-state index is -3.89. The maximum atomic E-state index is 12.8. The lowest BCUT2D eigenvalue weighted by molar-refractivity contribution is 0.102. The highest BCUT2D eigenvalue weighted by molar-refractivity contribution is 7.91. The summed E-state index contributed by atoms with van der Waals surface area (Å²) in [6, 6.07) is 14.6. The molecule has 174 valence electrons. The van der Waals surface area contributed by atoms with Crippen LogP contribution in [0.4, 0.5) is 10.8 Å². The first-order valence-electron chi connectivity index (χ1n) is 10.9. The van der Waals surface area contributed by atoms with Gasteiger partial charge in [0, 0.05) is 30.4 Å². The molecule has 1 amide bonds. The van der Waals surface area contributed by atoms with E-state index in [1.165, 1.54) is 19.3 Å². The third kappa shape index (κ3) is 5.76. The van der Waals surface area contributed by atoms with E-state index in [1.54, 1.807) is 25.1 Å². The molecule has 0 bridgehead atoms. The zero-order chi connectivity index (χ0) is 23.4. The van der Waals surface area contributed by atoms with E-state index in [4.69, 9.17) is 0 Å². The van der Waals surface area contributed by atoms with Gasteiger partial charge in [0.2, 0.25) is 9.47 Å². The summed E-state index contributed by atoms with van der Waals surface area (Å²) in [5.74, 6) is -0.367. The minimum Gasteiger partial charge on any atom is -0.372 e. The molecule has 0 saturated carbocycles. The van der Waals surface area contributed by atoms with Gasteiger partial charge >= 0.3 is 0 Å². The zero-order valence-electron chi connectivity index (χ0n) is 18.6. The second-order valence-corrected chi connectivity index (χ2v) is 11.0. The molecule has 3 aromatic rings. The molecule has 10 heteroatoms. The van der Waals surface area contributed by atoms with Crippen LogP contribution < -0.4 is 14.9 Å². The largest absolute Gasteiger partial charge is 0.372 e. The number of nitrogens with zero attached hydrogens (tertiary/aromatic N) is 3. The van der Waals surface area contributed by atoms with Gasteiger partial charge in [-0.05, 0) is 62.9 Å². The number of aryl methyl sites for hydroxylation is 1. The van der Waals surface area contributed by atoms with Crippen LogP contribution in [0.25, 0.3) is 0 Å². The first-order chi connectivity index (χ1) is 15.8. The summed E-state index contributed by atoms with van der Waals surface area (Å²) >= 11 is 0.814. The van der Waals surface area contributed by atoms with Crippen LogP contribution in [0.2, 0.25) is 0 Å². The van der Waals surface area contributed by atoms with Crippen LogP contribution in [0.1, 0.15) is 53.7 Å². The van der Waals surface area contributed by atoms with Gasteiger partial charge in [0.25, 0.3) is 15.9 Å². The normalized spacial score (nSPS) is 15.3. The van der Waals surface area contributed by atoms with Crippen molar-refractivity contribution in [2.24, 2.45) is 0 Å². The number of rotatable bonds is 7. The molecule has 4 rings (SSSR count). The fourth-order valence-electron chi connectivity index (χ4n) is 3.80. The van der Waals surface area contributed by atoms with E-state index in [0.29, 0.717) is 5.56 Å². The van der Waals surface area contributed by atoms with Gasteiger partial charge in [-0.2, -0.15) is 0 Å². The third-order valence-corrected chi connectivity index (χ3v) is 8.33. The summed E-state index contributed by atoms with van der Waals surface area (Å²) in [6.45, 7) is 5.79. The van der Waals surface area contributed by atoms with Gasteiger partial charge in [0.15, 0.2) is 0 Å². The Kier molecular flexibility index (Phi) is 7.06. The van der Waals surface area contributed by atoms with Crippen molar-refractivity contribution >= 4 is 38.1 Å². The summed E-state index contributed by atoms with van der Waals surface area (Å²) in [7, 11) is -3.89. The number of hydrogen-bond acceptors (Lipinski definition) is 7. The molecule has 1 atom stereocenters. The lowest BCUT2D eigenvalue weighted by Gasteiger charge is -2.29. The van der Waals surface area contributed by atoms with E-state index < -0.39 is 16.1 Å². The molecule has 8 nitrogen and oxygen atoms in total. The Labute approximate surface area is 198 Å². The summed E-state index contributed by atoms with van der Waals surface area (Å²) in [5, 5.41) is 10.3. The summed E-state index contributed by atoms with van der Waals surface area (Å²) < 4.78 is 28.1. The van der Waals surface area contributed by atoms with E-state index in [0.717, 1.165) is 41.2 Å². The number of nitrogens with one attached hydrogen (secondary N) is 2. The van der Waals surface area contributed by atoms with Crippen LogP contribution in [-0.4, -0.2) is 37.6 Å². The standard InChI is InChI=1S/C23H27N5O3S2/c1-16-7-6-8-19(15-16)21(29)24-22-25-26-23(32-22)33(30,31)27-17(2)18-9-11-20(12-10-18)28-13-4-3-5-14-28/h6-12,15,17,27H,3-5,13-14H2,1-2H3,(H,24,25,29). The highest BCUT2D eigenvalue weighted by Gasteiger charge is 2.24. The monoisotopic (exact) mass is 485 g/mol. The molecule has 1 aliphatic rings. The smallest absolute Gasteiger partial charge is 0.270 e. The van der Waals surface area contributed by atoms with E-state index in [9.17, 15) is 13.2 Å². The van der Waals surface area contributed by atoms with Gasteiger partial charge in [0.05, 0.1) is 0 Å². The van der Waals surface area contributed by atoms with Crippen LogP contribution in [0, 0.1) is 6.92 Å². The number of aromatic nitrogens is 2. The van der Waals surface area contributed by atoms with Crippen LogP contribution in [-0.2, 0) is 10.0 Å². The molecule has 1 unspecified atom stereocenters. The van der Waals surface area contributed by atoms with Crippen LogP contribution in [0.5, 0.6) is 0 Å². The second kappa shape index (κ2) is 9.98. The van der Waals surface area contributed by atoms with E-state index >= 15 is 0 Å². The molecule has 1 aliphatic heterocycles. The van der Waals surface area contributed by atoms with Crippen molar-refractivity contribution in [2.75, 3.05) is 23.3 Å². The minimum absolute atomic E-state index is 0.125. The SMILES string of the molecule is Cc1cccc(C(=O)Nc2nnc(S(=O)(=O)NC(C)c3ccc(N4CCCCC4)cc3)s2)c1. The number of carbonyl (C=O) groups excluding carboxylic acids is 1.